The second-order valence-electron chi connectivity index (χ2n) is 8.32. The number of piperazine rings is 1. The van der Waals surface area contributed by atoms with E-state index in [1.54, 1.807) is 30.3 Å². The normalized spacial score (nSPS) is 15.3. The fourth-order valence-corrected chi connectivity index (χ4v) is 4.34. The number of phenols is 1. The lowest BCUT2D eigenvalue weighted by molar-refractivity contribution is 0.147. The van der Waals surface area contributed by atoms with E-state index in [0.717, 1.165) is 26.2 Å². The highest BCUT2D eigenvalue weighted by Crippen LogP contribution is 2.34. The van der Waals surface area contributed by atoms with Gasteiger partial charge in [0.05, 0.1) is 18.2 Å². The predicted octanol–water partition coefficient (Wildman–Crippen LogP) is 3.03. The number of fused-ring (bicyclic) bond motifs is 2. The zero-order valence-electron chi connectivity index (χ0n) is 18.5. The maximum Gasteiger partial charge on any atom is 0.344 e. The zero-order chi connectivity index (χ0) is 23.1. The zero-order valence-corrected chi connectivity index (χ0v) is 18.5. The summed E-state index contributed by atoms with van der Waals surface area (Å²) in [6, 6.07) is 11.5. The Hall–Kier alpha value is -3.62. The van der Waals surface area contributed by atoms with E-state index >= 15 is 0 Å². The average Bonchev–Trinajstić information content (AvgIpc) is 2.81. The number of nitrogens with zero attached hydrogens (tertiary/aromatic N) is 2. The number of ether oxygens (including phenoxy) is 1. The highest BCUT2D eigenvalue weighted by Gasteiger charge is 2.21. The molecule has 170 valence electrons. The van der Waals surface area contributed by atoms with Gasteiger partial charge in [-0.3, -0.25) is 4.90 Å². The Labute approximate surface area is 189 Å². The molecule has 1 saturated heterocycles. The van der Waals surface area contributed by atoms with Gasteiger partial charge < -0.3 is 23.6 Å². The molecule has 2 aromatic carbocycles. The summed E-state index contributed by atoms with van der Waals surface area (Å²) in [5, 5.41) is 11.8. The van der Waals surface area contributed by atoms with Crippen molar-refractivity contribution in [2.75, 3.05) is 40.3 Å². The van der Waals surface area contributed by atoms with Gasteiger partial charge in [0.25, 0.3) is 0 Å². The Bertz CT molecular complexity index is 1460. The van der Waals surface area contributed by atoms with Gasteiger partial charge in [-0.15, -0.1) is 0 Å². The molecule has 1 aliphatic rings. The summed E-state index contributed by atoms with van der Waals surface area (Å²) in [4.78, 5) is 29.9. The smallest absolute Gasteiger partial charge is 0.344 e. The van der Waals surface area contributed by atoms with E-state index in [4.69, 9.17) is 13.6 Å². The number of aromatic hydroxyl groups is 1. The van der Waals surface area contributed by atoms with Gasteiger partial charge in [0.2, 0.25) is 0 Å². The second kappa shape index (κ2) is 8.38. The first-order valence-corrected chi connectivity index (χ1v) is 10.8. The van der Waals surface area contributed by atoms with Crippen molar-refractivity contribution in [3.8, 4) is 22.6 Å². The van der Waals surface area contributed by atoms with Crippen molar-refractivity contribution in [3.63, 3.8) is 0 Å². The molecule has 0 aliphatic carbocycles. The molecule has 0 saturated carbocycles. The number of para-hydroxylation sites is 1. The van der Waals surface area contributed by atoms with Crippen LogP contribution in [-0.4, -0.2) is 55.2 Å². The van der Waals surface area contributed by atoms with Gasteiger partial charge in [0.15, 0.2) is 11.3 Å². The van der Waals surface area contributed by atoms with Crippen LogP contribution in [0.25, 0.3) is 33.1 Å². The first-order valence-electron chi connectivity index (χ1n) is 10.8. The molecule has 8 nitrogen and oxygen atoms in total. The summed E-state index contributed by atoms with van der Waals surface area (Å²) in [6.07, 6.45) is 0. The molecular weight excluding hydrogens is 424 g/mol. The van der Waals surface area contributed by atoms with E-state index in [2.05, 4.69) is 16.8 Å². The number of rotatable bonds is 4. The summed E-state index contributed by atoms with van der Waals surface area (Å²) in [7, 11) is 3.58. The van der Waals surface area contributed by atoms with E-state index < -0.39 is 11.3 Å². The lowest BCUT2D eigenvalue weighted by atomic mass is 9.99. The quantitative estimate of drug-likeness (QED) is 0.476. The van der Waals surface area contributed by atoms with Crippen LogP contribution in [0.1, 0.15) is 5.56 Å². The van der Waals surface area contributed by atoms with Crippen LogP contribution < -0.4 is 16.0 Å². The fraction of sp³-hybridized carbons (Fsp3) is 0.280. The minimum absolute atomic E-state index is 0.0528. The van der Waals surface area contributed by atoms with Crippen LogP contribution in [0, 0.1) is 0 Å². The molecular formula is C25H24N2O6. The van der Waals surface area contributed by atoms with Crippen molar-refractivity contribution in [1.82, 2.24) is 9.80 Å². The van der Waals surface area contributed by atoms with E-state index in [0.29, 0.717) is 39.8 Å². The summed E-state index contributed by atoms with van der Waals surface area (Å²) >= 11 is 0. The van der Waals surface area contributed by atoms with E-state index in [1.807, 2.05) is 6.07 Å². The van der Waals surface area contributed by atoms with Gasteiger partial charge in [-0.1, -0.05) is 12.1 Å². The monoisotopic (exact) mass is 448 g/mol. The van der Waals surface area contributed by atoms with Crippen molar-refractivity contribution in [1.29, 1.82) is 0 Å². The van der Waals surface area contributed by atoms with Crippen molar-refractivity contribution in [2.24, 2.45) is 0 Å². The highest BCUT2D eigenvalue weighted by atomic mass is 16.5. The molecule has 4 aromatic rings. The summed E-state index contributed by atoms with van der Waals surface area (Å²) in [5.41, 5.74) is 0.600. The molecule has 5 rings (SSSR count). The van der Waals surface area contributed by atoms with Crippen molar-refractivity contribution in [2.45, 2.75) is 6.54 Å². The molecule has 0 unspecified atom stereocenters. The van der Waals surface area contributed by atoms with Crippen LogP contribution >= 0.6 is 0 Å². The molecule has 1 aliphatic heterocycles. The number of hydrogen-bond acceptors (Lipinski definition) is 8. The van der Waals surface area contributed by atoms with E-state index in [9.17, 15) is 14.7 Å². The van der Waals surface area contributed by atoms with Crippen molar-refractivity contribution >= 4 is 21.9 Å². The topological polar surface area (TPSA) is 96.4 Å². The molecule has 0 bridgehead atoms. The number of methoxy groups -OCH3 is 1. The molecule has 0 radical (unpaired) electrons. The molecule has 3 heterocycles. The summed E-state index contributed by atoms with van der Waals surface area (Å²) in [5.74, 6) is 0.505. The van der Waals surface area contributed by atoms with Gasteiger partial charge in [-0.2, -0.15) is 0 Å². The molecule has 8 heteroatoms. The van der Waals surface area contributed by atoms with Crippen LogP contribution in [0.3, 0.4) is 0 Å². The third-order valence-electron chi connectivity index (χ3n) is 6.20. The number of benzene rings is 2. The molecule has 2 aromatic heterocycles. The largest absolute Gasteiger partial charge is 0.507 e. The molecule has 0 amide bonds. The molecule has 1 N–H and O–H groups in total. The van der Waals surface area contributed by atoms with Crippen molar-refractivity contribution in [3.05, 3.63) is 68.9 Å². The van der Waals surface area contributed by atoms with E-state index in [1.165, 1.54) is 13.2 Å². The van der Waals surface area contributed by atoms with Gasteiger partial charge in [-0.25, -0.2) is 9.59 Å². The molecule has 0 atom stereocenters. The number of phenolic OH excluding ortho intramolecular Hbond substituents is 1. The second-order valence-corrected chi connectivity index (χ2v) is 8.32. The van der Waals surface area contributed by atoms with Crippen LogP contribution in [-0.2, 0) is 6.54 Å². The maximum absolute atomic E-state index is 12.9. The molecule has 33 heavy (non-hydrogen) atoms. The molecule has 0 spiro atoms. The summed E-state index contributed by atoms with van der Waals surface area (Å²) < 4.78 is 16.4. The van der Waals surface area contributed by atoms with Gasteiger partial charge in [0.1, 0.15) is 11.3 Å². The Morgan fingerprint density at radius 3 is 2.52 bits per heavy atom. The summed E-state index contributed by atoms with van der Waals surface area (Å²) in [6.45, 7) is 3.95. The Morgan fingerprint density at radius 2 is 1.76 bits per heavy atom. The first-order chi connectivity index (χ1) is 15.9. The lowest BCUT2D eigenvalue weighted by Gasteiger charge is -2.32. The van der Waals surface area contributed by atoms with E-state index in [-0.39, 0.29) is 16.9 Å². The standard InChI is InChI=1S/C25H24N2O6/c1-26-8-10-27(11-9-26)14-19-20(28)7-6-16-17(13-22(29)32-24(16)19)18-12-15-4-3-5-21(31-2)23(15)33-25(18)30/h3-7,12-13,28H,8-11,14H2,1-2H3. The van der Waals surface area contributed by atoms with Gasteiger partial charge in [-0.05, 0) is 31.3 Å². The number of likely N-dealkylation sites (N-methyl/N-ethyl adjacent to an activating group) is 1. The lowest BCUT2D eigenvalue weighted by Crippen LogP contribution is -2.43. The third-order valence-corrected chi connectivity index (χ3v) is 6.20. The fourth-order valence-electron chi connectivity index (χ4n) is 4.34. The van der Waals surface area contributed by atoms with Gasteiger partial charge in [0, 0.05) is 55.1 Å². The minimum Gasteiger partial charge on any atom is -0.507 e. The maximum atomic E-state index is 12.9. The van der Waals surface area contributed by atoms with Crippen LogP contribution in [0.15, 0.2) is 60.9 Å². The average molecular weight is 448 g/mol. The SMILES string of the molecule is COc1cccc2cc(-c3cc(=O)oc4c(CN5CCN(C)CC5)c(O)ccc34)c(=O)oc12. The van der Waals surface area contributed by atoms with Crippen LogP contribution in [0.5, 0.6) is 11.5 Å². The van der Waals surface area contributed by atoms with Crippen LogP contribution in [0.4, 0.5) is 0 Å². The Balaban J connectivity index is 1.68. The Morgan fingerprint density at radius 1 is 0.970 bits per heavy atom. The predicted molar refractivity (Wildman–Crippen MR) is 125 cm³/mol. The van der Waals surface area contributed by atoms with Gasteiger partial charge >= 0.3 is 11.3 Å². The Kier molecular flexibility index (Phi) is 5.39. The third kappa shape index (κ3) is 3.88. The first kappa shape index (κ1) is 21.2. The minimum atomic E-state index is -0.604. The van der Waals surface area contributed by atoms with Crippen LogP contribution in [0.2, 0.25) is 0 Å². The van der Waals surface area contributed by atoms with Crippen molar-refractivity contribution < 1.29 is 18.7 Å². The number of hydrogen-bond donors (Lipinski definition) is 1. The highest BCUT2D eigenvalue weighted by molar-refractivity contribution is 5.97. The molecule has 1 fully saturated rings.